The molecule has 7 nitrogen and oxygen atoms in total. The summed E-state index contributed by atoms with van der Waals surface area (Å²) in [5, 5.41) is 21.6. The third-order valence-corrected chi connectivity index (χ3v) is 3.40. The average molecular weight is 310 g/mol. The summed E-state index contributed by atoms with van der Waals surface area (Å²) in [6.07, 6.45) is 0. The van der Waals surface area contributed by atoms with Crippen molar-refractivity contribution in [3.05, 3.63) is 29.3 Å². The van der Waals surface area contributed by atoms with E-state index in [9.17, 15) is 4.79 Å². The lowest BCUT2D eigenvalue weighted by Crippen LogP contribution is -2.39. The van der Waals surface area contributed by atoms with E-state index in [4.69, 9.17) is 16.7 Å². The van der Waals surface area contributed by atoms with Gasteiger partial charge in [0.2, 0.25) is 11.7 Å². The molecule has 0 fully saturated rings. The zero-order valence-electron chi connectivity index (χ0n) is 11.8. The molecule has 1 heterocycles. The molecule has 1 N–H and O–H groups in total. The number of tetrazole rings is 1. The summed E-state index contributed by atoms with van der Waals surface area (Å²) in [5.74, 6) is 0.230. The van der Waals surface area contributed by atoms with E-state index in [1.807, 2.05) is 0 Å². The summed E-state index contributed by atoms with van der Waals surface area (Å²) in [7, 11) is 1.63. The Hall–Kier alpha value is -1.99. The van der Waals surface area contributed by atoms with Crippen molar-refractivity contribution in [2.75, 3.05) is 13.7 Å². The van der Waals surface area contributed by atoms with Gasteiger partial charge in [0, 0.05) is 17.6 Å². The van der Waals surface area contributed by atoms with E-state index in [0.29, 0.717) is 10.8 Å². The first kappa shape index (κ1) is 15.4. The van der Waals surface area contributed by atoms with Gasteiger partial charge >= 0.3 is 0 Å². The van der Waals surface area contributed by atoms with E-state index in [1.54, 1.807) is 38.2 Å². The van der Waals surface area contributed by atoms with Crippen LogP contribution in [0.4, 0.5) is 0 Å². The van der Waals surface area contributed by atoms with Gasteiger partial charge in [-0.2, -0.15) is 4.80 Å². The van der Waals surface area contributed by atoms with Crippen LogP contribution >= 0.6 is 11.6 Å². The zero-order chi connectivity index (χ0) is 15.4. The van der Waals surface area contributed by atoms with Crippen LogP contribution in [0.3, 0.4) is 0 Å². The normalized spacial score (nSPS) is 12.2. The summed E-state index contributed by atoms with van der Waals surface area (Å²) < 4.78 is 0. The van der Waals surface area contributed by atoms with Gasteiger partial charge in [-0.05, 0) is 36.4 Å². The third-order valence-electron chi connectivity index (χ3n) is 3.15. The molecule has 21 heavy (non-hydrogen) atoms. The minimum Gasteiger partial charge on any atom is -0.394 e. The number of hydrogen-bond donors (Lipinski definition) is 1. The smallest absolute Gasteiger partial charge is 0.246 e. The quantitative estimate of drug-likeness (QED) is 0.884. The van der Waals surface area contributed by atoms with Crippen LogP contribution in [0.15, 0.2) is 24.3 Å². The van der Waals surface area contributed by atoms with Crippen LogP contribution < -0.4 is 0 Å². The van der Waals surface area contributed by atoms with E-state index >= 15 is 0 Å². The number of benzene rings is 1. The molecule has 1 atom stereocenters. The summed E-state index contributed by atoms with van der Waals surface area (Å²) in [6.45, 7) is 1.64. The highest BCUT2D eigenvalue weighted by Crippen LogP contribution is 2.16. The molecule has 1 amide bonds. The second kappa shape index (κ2) is 6.64. The maximum atomic E-state index is 12.0. The van der Waals surface area contributed by atoms with Crippen LogP contribution in [0.2, 0.25) is 5.02 Å². The van der Waals surface area contributed by atoms with Gasteiger partial charge in [-0.1, -0.05) is 11.6 Å². The van der Waals surface area contributed by atoms with Crippen molar-refractivity contribution in [2.24, 2.45) is 0 Å². The molecule has 1 aromatic carbocycles. The number of carbonyl (C=O) groups is 1. The van der Waals surface area contributed by atoms with Crippen molar-refractivity contribution >= 4 is 17.5 Å². The SMILES string of the molecule is CC(CO)N(C)C(=O)Cn1nnc(-c2ccc(Cl)cc2)n1. The maximum Gasteiger partial charge on any atom is 0.246 e. The first-order valence-electron chi connectivity index (χ1n) is 6.41. The molecule has 0 aliphatic rings. The Morgan fingerprint density at radius 1 is 1.43 bits per heavy atom. The van der Waals surface area contributed by atoms with E-state index in [1.165, 1.54) is 9.70 Å². The minimum absolute atomic E-state index is 0.0264. The number of aromatic nitrogens is 4. The number of aliphatic hydroxyl groups excluding tert-OH is 1. The molecule has 0 saturated heterocycles. The molecule has 0 aliphatic heterocycles. The van der Waals surface area contributed by atoms with Crippen molar-refractivity contribution in [1.82, 2.24) is 25.1 Å². The average Bonchev–Trinajstić information content (AvgIpc) is 2.94. The minimum atomic E-state index is -0.253. The predicted octanol–water partition coefficient (Wildman–Crippen LogP) is 0.833. The highest BCUT2D eigenvalue weighted by atomic mass is 35.5. The Morgan fingerprint density at radius 3 is 2.71 bits per heavy atom. The van der Waals surface area contributed by atoms with E-state index in [0.717, 1.165) is 5.56 Å². The van der Waals surface area contributed by atoms with Crippen molar-refractivity contribution in [2.45, 2.75) is 19.5 Å². The second-order valence-corrected chi connectivity index (χ2v) is 5.12. The molecule has 112 valence electrons. The molecule has 0 aliphatic carbocycles. The van der Waals surface area contributed by atoms with Crippen LogP contribution in [-0.2, 0) is 11.3 Å². The molecule has 0 radical (unpaired) electrons. The van der Waals surface area contributed by atoms with Crippen LogP contribution in [0.5, 0.6) is 0 Å². The fourth-order valence-electron chi connectivity index (χ4n) is 1.63. The Kier molecular flexibility index (Phi) is 4.87. The first-order chi connectivity index (χ1) is 10.0. The number of nitrogens with zero attached hydrogens (tertiary/aromatic N) is 5. The number of carbonyl (C=O) groups excluding carboxylic acids is 1. The molecule has 2 aromatic rings. The Balaban J connectivity index is 2.06. The second-order valence-electron chi connectivity index (χ2n) is 4.69. The van der Waals surface area contributed by atoms with Crippen LogP contribution in [0.1, 0.15) is 6.92 Å². The summed E-state index contributed by atoms with van der Waals surface area (Å²) in [6, 6.07) is 6.78. The topological polar surface area (TPSA) is 84.1 Å². The zero-order valence-corrected chi connectivity index (χ0v) is 12.5. The van der Waals surface area contributed by atoms with Gasteiger partial charge in [-0.15, -0.1) is 10.2 Å². The van der Waals surface area contributed by atoms with Crippen molar-refractivity contribution < 1.29 is 9.90 Å². The van der Waals surface area contributed by atoms with Crippen molar-refractivity contribution in [1.29, 1.82) is 0 Å². The van der Waals surface area contributed by atoms with E-state index in [2.05, 4.69) is 15.4 Å². The molecule has 8 heteroatoms. The largest absolute Gasteiger partial charge is 0.394 e. The van der Waals surface area contributed by atoms with Gasteiger partial charge in [0.15, 0.2) is 0 Å². The lowest BCUT2D eigenvalue weighted by atomic mass is 10.2. The molecule has 0 bridgehead atoms. The standard InChI is InChI=1S/C13H16ClN5O2/c1-9(8-20)18(2)12(21)7-19-16-13(15-17-19)10-3-5-11(14)6-4-10/h3-6,9,20H,7-8H2,1-2H3. The Bertz CT molecular complexity index is 613. The summed E-state index contributed by atoms with van der Waals surface area (Å²) in [4.78, 5) is 14.7. The van der Waals surface area contributed by atoms with Gasteiger partial charge in [0.05, 0.1) is 12.6 Å². The third kappa shape index (κ3) is 3.77. The highest BCUT2D eigenvalue weighted by molar-refractivity contribution is 6.30. The number of hydrogen-bond acceptors (Lipinski definition) is 5. The molecule has 2 rings (SSSR count). The number of rotatable bonds is 5. The molecule has 0 saturated carbocycles. The van der Waals surface area contributed by atoms with Crippen LogP contribution in [0, 0.1) is 0 Å². The fourth-order valence-corrected chi connectivity index (χ4v) is 1.75. The van der Waals surface area contributed by atoms with Gasteiger partial charge in [0.25, 0.3) is 0 Å². The number of halogens is 1. The van der Waals surface area contributed by atoms with Gasteiger partial charge < -0.3 is 10.0 Å². The fraction of sp³-hybridized carbons (Fsp3) is 0.385. The molecular formula is C13H16ClN5O2. The van der Waals surface area contributed by atoms with Gasteiger partial charge in [-0.25, -0.2) is 0 Å². The summed E-state index contributed by atoms with van der Waals surface area (Å²) in [5.41, 5.74) is 0.773. The monoisotopic (exact) mass is 309 g/mol. The highest BCUT2D eigenvalue weighted by Gasteiger charge is 2.17. The number of aliphatic hydroxyl groups is 1. The van der Waals surface area contributed by atoms with E-state index in [-0.39, 0.29) is 25.1 Å². The van der Waals surface area contributed by atoms with Crippen molar-refractivity contribution in [3.63, 3.8) is 0 Å². The van der Waals surface area contributed by atoms with Crippen LogP contribution in [0.25, 0.3) is 11.4 Å². The lowest BCUT2D eigenvalue weighted by molar-refractivity contribution is -0.133. The molecule has 1 aromatic heterocycles. The van der Waals surface area contributed by atoms with Gasteiger partial charge in [0.1, 0.15) is 6.54 Å². The van der Waals surface area contributed by atoms with Crippen LogP contribution in [-0.4, -0.2) is 55.8 Å². The number of amides is 1. The van der Waals surface area contributed by atoms with E-state index < -0.39 is 0 Å². The number of likely N-dealkylation sites (N-methyl/N-ethyl adjacent to an activating group) is 1. The Morgan fingerprint density at radius 2 is 2.10 bits per heavy atom. The first-order valence-corrected chi connectivity index (χ1v) is 6.79. The molecular weight excluding hydrogens is 294 g/mol. The van der Waals surface area contributed by atoms with Gasteiger partial charge in [-0.3, -0.25) is 4.79 Å². The summed E-state index contributed by atoms with van der Waals surface area (Å²) >= 11 is 5.82. The lowest BCUT2D eigenvalue weighted by Gasteiger charge is -2.22. The maximum absolute atomic E-state index is 12.0. The van der Waals surface area contributed by atoms with Crippen molar-refractivity contribution in [3.8, 4) is 11.4 Å². The molecule has 1 unspecified atom stereocenters. The molecule has 0 spiro atoms. The Labute approximate surface area is 127 Å². The predicted molar refractivity (Wildman–Crippen MR) is 77.6 cm³/mol.